The van der Waals surface area contributed by atoms with Gasteiger partial charge < -0.3 is 10.2 Å². The molecule has 17 heavy (non-hydrogen) atoms. The number of nitrogens with one attached hydrogen (secondary N) is 1. The normalized spacial score (nSPS) is 17.6. The molecule has 2 nitrogen and oxygen atoms in total. The van der Waals surface area contributed by atoms with Crippen LogP contribution in [0.25, 0.3) is 0 Å². The maximum absolute atomic E-state index is 3.68. The van der Waals surface area contributed by atoms with E-state index in [0.717, 1.165) is 6.04 Å². The van der Waals surface area contributed by atoms with Crippen LogP contribution in [0.3, 0.4) is 0 Å². The Morgan fingerprint density at radius 3 is 2.59 bits per heavy atom. The van der Waals surface area contributed by atoms with Gasteiger partial charge in [-0.2, -0.15) is 0 Å². The first-order valence-corrected chi connectivity index (χ1v) is 7.12. The van der Waals surface area contributed by atoms with Crippen LogP contribution in [0.1, 0.15) is 37.8 Å². The van der Waals surface area contributed by atoms with Crippen LogP contribution in [0.15, 0.2) is 22.7 Å². The first-order valence-electron chi connectivity index (χ1n) is 6.33. The number of hydrogen-bond donors (Lipinski definition) is 1. The van der Waals surface area contributed by atoms with E-state index in [1.54, 1.807) is 0 Å². The second-order valence-electron chi connectivity index (χ2n) is 4.91. The SMILES string of the molecule is CNC(C)c1ccc(N(C)C2CCC2)cc1Br. The lowest BCUT2D eigenvalue weighted by atomic mass is 9.91. The summed E-state index contributed by atoms with van der Waals surface area (Å²) in [5.74, 6) is 0. The monoisotopic (exact) mass is 296 g/mol. The lowest BCUT2D eigenvalue weighted by Crippen LogP contribution is -2.37. The largest absolute Gasteiger partial charge is 0.372 e. The number of hydrogen-bond acceptors (Lipinski definition) is 2. The summed E-state index contributed by atoms with van der Waals surface area (Å²) in [7, 11) is 4.19. The smallest absolute Gasteiger partial charge is 0.0377 e. The first kappa shape index (κ1) is 12.9. The van der Waals surface area contributed by atoms with E-state index in [9.17, 15) is 0 Å². The molecule has 1 N–H and O–H groups in total. The topological polar surface area (TPSA) is 15.3 Å². The van der Waals surface area contributed by atoms with Gasteiger partial charge >= 0.3 is 0 Å². The van der Waals surface area contributed by atoms with Crippen LogP contribution >= 0.6 is 15.9 Å². The Kier molecular flexibility index (Phi) is 4.10. The molecule has 94 valence electrons. The van der Waals surface area contributed by atoms with E-state index >= 15 is 0 Å². The Morgan fingerprint density at radius 1 is 1.41 bits per heavy atom. The standard InChI is InChI=1S/C14H21BrN2/c1-10(16-2)13-8-7-12(9-14(13)15)17(3)11-5-4-6-11/h7-11,16H,4-6H2,1-3H3. The highest BCUT2D eigenvalue weighted by molar-refractivity contribution is 9.10. The fourth-order valence-corrected chi connectivity index (χ4v) is 2.94. The Labute approximate surface area is 113 Å². The van der Waals surface area contributed by atoms with E-state index in [1.807, 2.05) is 7.05 Å². The Balaban J connectivity index is 2.17. The van der Waals surface area contributed by atoms with Gasteiger partial charge in [0.05, 0.1) is 0 Å². The van der Waals surface area contributed by atoms with Gasteiger partial charge in [0.1, 0.15) is 0 Å². The van der Waals surface area contributed by atoms with E-state index in [0.29, 0.717) is 6.04 Å². The predicted octanol–water partition coefficient (Wildman–Crippen LogP) is 3.72. The molecule has 0 amide bonds. The van der Waals surface area contributed by atoms with Gasteiger partial charge in [-0.15, -0.1) is 0 Å². The molecule has 0 radical (unpaired) electrons. The van der Waals surface area contributed by atoms with Gasteiger partial charge in [-0.3, -0.25) is 0 Å². The molecule has 1 unspecified atom stereocenters. The summed E-state index contributed by atoms with van der Waals surface area (Å²) in [4.78, 5) is 2.40. The van der Waals surface area contributed by atoms with Gasteiger partial charge in [0.2, 0.25) is 0 Å². The molecule has 1 aromatic rings. The molecule has 0 heterocycles. The maximum atomic E-state index is 3.68. The van der Waals surface area contributed by atoms with Crippen molar-refractivity contribution in [2.75, 3.05) is 19.0 Å². The van der Waals surface area contributed by atoms with Gasteiger partial charge in [0.15, 0.2) is 0 Å². The van der Waals surface area contributed by atoms with Crippen LogP contribution in [-0.4, -0.2) is 20.1 Å². The molecule has 0 saturated heterocycles. The highest BCUT2D eigenvalue weighted by atomic mass is 79.9. The third-order valence-corrected chi connectivity index (χ3v) is 4.60. The second kappa shape index (κ2) is 5.40. The third kappa shape index (κ3) is 2.66. The molecular formula is C14H21BrN2. The van der Waals surface area contributed by atoms with Crippen LogP contribution < -0.4 is 10.2 Å². The minimum absolute atomic E-state index is 0.382. The molecule has 1 fully saturated rings. The van der Waals surface area contributed by atoms with Crippen molar-refractivity contribution >= 4 is 21.6 Å². The van der Waals surface area contributed by atoms with Crippen LogP contribution in [0.4, 0.5) is 5.69 Å². The molecule has 2 rings (SSSR count). The maximum Gasteiger partial charge on any atom is 0.0377 e. The van der Waals surface area contributed by atoms with Gasteiger partial charge in [-0.05, 0) is 50.9 Å². The first-order chi connectivity index (χ1) is 8.13. The van der Waals surface area contributed by atoms with Crippen LogP contribution in [0.2, 0.25) is 0 Å². The van der Waals surface area contributed by atoms with Crippen LogP contribution in [0, 0.1) is 0 Å². The molecule has 1 atom stereocenters. The molecule has 0 bridgehead atoms. The third-order valence-electron chi connectivity index (χ3n) is 3.91. The number of benzene rings is 1. The van der Waals surface area contributed by atoms with Crippen molar-refractivity contribution in [1.82, 2.24) is 5.32 Å². The van der Waals surface area contributed by atoms with Crippen LogP contribution in [0.5, 0.6) is 0 Å². The average molecular weight is 297 g/mol. The zero-order valence-electron chi connectivity index (χ0n) is 10.8. The highest BCUT2D eigenvalue weighted by Crippen LogP contribution is 2.32. The van der Waals surface area contributed by atoms with E-state index < -0.39 is 0 Å². The summed E-state index contributed by atoms with van der Waals surface area (Å²) >= 11 is 3.68. The Bertz CT molecular complexity index is 388. The Morgan fingerprint density at radius 2 is 2.12 bits per heavy atom. The number of rotatable bonds is 4. The van der Waals surface area contributed by atoms with Crippen molar-refractivity contribution in [3.8, 4) is 0 Å². The number of anilines is 1. The predicted molar refractivity (Wildman–Crippen MR) is 77.7 cm³/mol. The summed E-state index contributed by atoms with van der Waals surface area (Å²) in [6.45, 7) is 2.18. The number of halogens is 1. The van der Waals surface area contributed by atoms with Gasteiger partial charge in [0, 0.05) is 29.3 Å². The average Bonchev–Trinajstić information content (AvgIpc) is 2.25. The van der Waals surface area contributed by atoms with Crippen molar-refractivity contribution in [2.24, 2.45) is 0 Å². The molecular weight excluding hydrogens is 276 g/mol. The van der Waals surface area contributed by atoms with E-state index in [1.165, 1.54) is 35.0 Å². The molecule has 1 saturated carbocycles. The van der Waals surface area contributed by atoms with Crippen molar-refractivity contribution in [3.05, 3.63) is 28.2 Å². The minimum atomic E-state index is 0.382. The molecule has 0 spiro atoms. The highest BCUT2D eigenvalue weighted by Gasteiger charge is 2.22. The van der Waals surface area contributed by atoms with Gasteiger partial charge in [-0.1, -0.05) is 22.0 Å². The minimum Gasteiger partial charge on any atom is -0.372 e. The van der Waals surface area contributed by atoms with Gasteiger partial charge in [-0.25, -0.2) is 0 Å². The molecule has 3 heteroatoms. The summed E-state index contributed by atoms with van der Waals surface area (Å²) in [6, 6.07) is 7.81. The lowest BCUT2D eigenvalue weighted by molar-refractivity contribution is 0.401. The number of nitrogens with zero attached hydrogens (tertiary/aromatic N) is 1. The summed E-state index contributed by atoms with van der Waals surface area (Å²) in [6.07, 6.45) is 4.05. The zero-order chi connectivity index (χ0) is 12.4. The fraction of sp³-hybridized carbons (Fsp3) is 0.571. The quantitative estimate of drug-likeness (QED) is 0.911. The van der Waals surface area contributed by atoms with Crippen molar-refractivity contribution in [3.63, 3.8) is 0 Å². The molecule has 1 aliphatic rings. The van der Waals surface area contributed by atoms with Crippen molar-refractivity contribution < 1.29 is 0 Å². The molecule has 0 aliphatic heterocycles. The van der Waals surface area contributed by atoms with Crippen molar-refractivity contribution in [1.29, 1.82) is 0 Å². The Hall–Kier alpha value is -0.540. The summed E-state index contributed by atoms with van der Waals surface area (Å²) in [5, 5.41) is 3.27. The van der Waals surface area contributed by atoms with Crippen LogP contribution in [-0.2, 0) is 0 Å². The second-order valence-corrected chi connectivity index (χ2v) is 5.77. The molecule has 1 aromatic carbocycles. The van der Waals surface area contributed by atoms with E-state index in [4.69, 9.17) is 0 Å². The summed E-state index contributed by atoms with van der Waals surface area (Å²) in [5.41, 5.74) is 2.63. The summed E-state index contributed by atoms with van der Waals surface area (Å²) < 4.78 is 1.20. The van der Waals surface area contributed by atoms with E-state index in [2.05, 4.69) is 58.3 Å². The fourth-order valence-electron chi connectivity index (χ4n) is 2.23. The molecule has 1 aliphatic carbocycles. The lowest BCUT2D eigenvalue weighted by Gasteiger charge is -2.36. The van der Waals surface area contributed by atoms with E-state index in [-0.39, 0.29) is 0 Å². The van der Waals surface area contributed by atoms with Crippen molar-refractivity contribution in [2.45, 2.75) is 38.3 Å². The zero-order valence-corrected chi connectivity index (χ0v) is 12.4. The molecule has 0 aromatic heterocycles. The van der Waals surface area contributed by atoms with Gasteiger partial charge in [0.25, 0.3) is 0 Å².